The number of carbonyl (C=O) groups is 1. The summed E-state index contributed by atoms with van der Waals surface area (Å²) in [5, 5.41) is 6.64. The topological polar surface area (TPSA) is 44.4 Å². The van der Waals surface area contributed by atoms with E-state index in [1.54, 1.807) is 0 Å². The Kier molecular flexibility index (Phi) is 5.15. The van der Waals surface area contributed by atoms with Crippen LogP contribution in [0.4, 0.5) is 0 Å². The highest BCUT2D eigenvalue weighted by Gasteiger charge is 2.60. The van der Waals surface area contributed by atoms with Crippen LogP contribution in [-0.2, 0) is 4.79 Å². The minimum atomic E-state index is -0.191. The van der Waals surface area contributed by atoms with Gasteiger partial charge in [0.25, 0.3) is 0 Å². The molecule has 2 aliphatic heterocycles. The van der Waals surface area contributed by atoms with Gasteiger partial charge in [-0.25, -0.2) is 0 Å². The van der Waals surface area contributed by atoms with Gasteiger partial charge in [-0.1, -0.05) is 54.9 Å². The second-order valence-electron chi connectivity index (χ2n) is 9.68. The van der Waals surface area contributed by atoms with Gasteiger partial charge in [-0.2, -0.15) is 0 Å². The zero-order valence-electron chi connectivity index (χ0n) is 16.7. The summed E-state index contributed by atoms with van der Waals surface area (Å²) in [6, 6.07) is 8.48. The third-order valence-corrected chi connectivity index (χ3v) is 7.79. The third kappa shape index (κ3) is 3.36. The molecule has 148 valence electrons. The molecule has 0 aromatic heterocycles. The largest absolute Gasteiger partial charge is 0.353 e. The summed E-state index contributed by atoms with van der Waals surface area (Å²) in [4.78, 5) is 15.5. The number of piperidine rings is 1. The van der Waals surface area contributed by atoms with Crippen LogP contribution in [0.2, 0.25) is 0 Å². The van der Waals surface area contributed by atoms with E-state index in [0.717, 1.165) is 36.2 Å². The van der Waals surface area contributed by atoms with Gasteiger partial charge in [0.1, 0.15) is 6.04 Å². The summed E-state index contributed by atoms with van der Waals surface area (Å²) in [5.74, 6) is 0.773. The molecule has 0 bridgehead atoms. The molecular formula is C22H32BrN3O. The highest BCUT2D eigenvalue weighted by atomic mass is 79.9. The van der Waals surface area contributed by atoms with Crippen LogP contribution in [0.25, 0.3) is 0 Å². The molecule has 1 aliphatic carbocycles. The zero-order chi connectivity index (χ0) is 19.2. The molecule has 0 radical (unpaired) electrons. The number of carbonyl (C=O) groups excluding carboxylic acids is 1. The van der Waals surface area contributed by atoms with E-state index in [1.807, 2.05) is 18.2 Å². The van der Waals surface area contributed by atoms with E-state index in [1.165, 1.54) is 19.3 Å². The van der Waals surface area contributed by atoms with Gasteiger partial charge in [-0.05, 0) is 60.7 Å². The molecule has 4 rings (SSSR count). The van der Waals surface area contributed by atoms with E-state index < -0.39 is 0 Å². The van der Waals surface area contributed by atoms with Crippen LogP contribution in [0.1, 0.15) is 51.6 Å². The molecule has 2 heterocycles. The summed E-state index contributed by atoms with van der Waals surface area (Å²) < 4.78 is 1.03. The number of benzene rings is 1. The Hall–Kier alpha value is -0.910. The van der Waals surface area contributed by atoms with Crippen LogP contribution < -0.4 is 10.6 Å². The lowest BCUT2D eigenvalue weighted by atomic mass is 9.46. The zero-order valence-corrected chi connectivity index (χ0v) is 18.3. The lowest BCUT2D eigenvalue weighted by Gasteiger charge is -2.65. The summed E-state index contributed by atoms with van der Waals surface area (Å²) in [7, 11) is 0. The number of hydrogen-bond acceptors (Lipinski definition) is 3. The number of nitrogens with one attached hydrogen (secondary N) is 2. The van der Waals surface area contributed by atoms with Gasteiger partial charge in [0.2, 0.25) is 5.91 Å². The van der Waals surface area contributed by atoms with Crippen LogP contribution >= 0.6 is 15.9 Å². The Morgan fingerprint density at radius 1 is 1.15 bits per heavy atom. The number of rotatable bonds is 2. The van der Waals surface area contributed by atoms with E-state index in [4.69, 9.17) is 0 Å². The third-order valence-electron chi connectivity index (χ3n) is 7.07. The number of nitrogens with zero attached hydrogens (tertiary/aromatic N) is 1. The van der Waals surface area contributed by atoms with Gasteiger partial charge >= 0.3 is 0 Å². The van der Waals surface area contributed by atoms with Crippen molar-refractivity contribution in [3.63, 3.8) is 0 Å². The van der Waals surface area contributed by atoms with Gasteiger partial charge in [0.15, 0.2) is 0 Å². The SMILES string of the molecule is CC(C)(C)C1C(N2CCNC(=O)C2c2ccccc2Br)CC12CCNCC2. The highest BCUT2D eigenvalue weighted by molar-refractivity contribution is 9.10. The normalized spacial score (nSPS) is 31.4. The van der Waals surface area contributed by atoms with Crippen molar-refractivity contribution in [2.75, 3.05) is 26.2 Å². The molecule has 1 amide bonds. The van der Waals surface area contributed by atoms with Crippen molar-refractivity contribution >= 4 is 21.8 Å². The molecule has 4 nitrogen and oxygen atoms in total. The maximum Gasteiger partial charge on any atom is 0.242 e. The fourth-order valence-electron chi connectivity index (χ4n) is 6.21. The Morgan fingerprint density at radius 3 is 2.52 bits per heavy atom. The van der Waals surface area contributed by atoms with E-state index in [2.05, 4.69) is 58.3 Å². The molecule has 2 N–H and O–H groups in total. The van der Waals surface area contributed by atoms with E-state index in [-0.39, 0.29) is 17.4 Å². The Balaban J connectivity index is 1.67. The molecule has 1 saturated carbocycles. The van der Waals surface area contributed by atoms with Crippen molar-refractivity contribution < 1.29 is 4.79 Å². The number of amides is 1. The predicted molar refractivity (Wildman–Crippen MR) is 112 cm³/mol. The quantitative estimate of drug-likeness (QED) is 0.746. The first-order valence-corrected chi connectivity index (χ1v) is 11.1. The van der Waals surface area contributed by atoms with Crippen molar-refractivity contribution in [3.8, 4) is 0 Å². The molecule has 3 unspecified atom stereocenters. The van der Waals surface area contributed by atoms with Crippen molar-refractivity contribution in [3.05, 3.63) is 34.3 Å². The van der Waals surface area contributed by atoms with Gasteiger partial charge in [0, 0.05) is 23.6 Å². The molecule has 1 aromatic carbocycles. The van der Waals surface area contributed by atoms with Crippen LogP contribution in [0.3, 0.4) is 0 Å². The van der Waals surface area contributed by atoms with Gasteiger partial charge in [-0.3, -0.25) is 9.69 Å². The molecular weight excluding hydrogens is 402 g/mol. The van der Waals surface area contributed by atoms with Crippen molar-refractivity contribution in [2.45, 2.75) is 52.1 Å². The minimum absolute atomic E-state index is 0.145. The summed E-state index contributed by atoms with van der Waals surface area (Å²) in [5.41, 5.74) is 1.78. The highest BCUT2D eigenvalue weighted by Crippen LogP contribution is 2.61. The van der Waals surface area contributed by atoms with Gasteiger partial charge < -0.3 is 10.6 Å². The molecule has 5 heteroatoms. The van der Waals surface area contributed by atoms with E-state index >= 15 is 0 Å². The van der Waals surface area contributed by atoms with E-state index in [9.17, 15) is 4.79 Å². The summed E-state index contributed by atoms with van der Waals surface area (Å²) in [6.07, 6.45) is 3.77. The number of halogens is 1. The molecule has 3 fully saturated rings. The van der Waals surface area contributed by atoms with Crippen molar-refractivity contribution in [2.24, 2.45) is 16.7 Å². The van der Waals surface area contributed by atoms with Crippen molar-refractivity contribution in [1.82, 2.24) is 15.5 Å². The van der Waals surface area contributed by atoms with Crippen LogP contribution in [0.15, 0.2) is 28.7 Å². The lowest BCUT2D eigenvalue weighted by molar-refractivity contribution is -0.165. The summed E-state index contributed by atoms with van der Waals surface area (Å²) in [6.45, 7) is 11.1. The lowest BCUT2D eigenvalue weighted by Crippen LogP contribution is -2.68. The average Bonchev–Trinajstić information content (AvgIpc) is 2.60. The Morgan fingerprint density at radius 2 is 1.85 bits per heavy atom. The molecule has 27 heavy (non-hydrogen) atoms. The predicted octanol–water partition coefficient (Wildman–Crippen LogP) is 3.73. The van der Waals surface area contributed by atoms with Crippen LogP contribution in [-0.4, -0.2) is 43.0 Å². The Labute approximate surface area is 171 Å². The molecule has 2 saturated heterocycles. The first-order valence-electron chi connectivity index (χ1n) is 10.3. The second-order valence-corrected chi connectivity index (χ2v) is 10.5. The molecule has 3 aliphatic rings. The number of piperazine rings is 1. The average molecular weight is 434 g/mol. The van der Waals surface area contributed by atoms with E-state index in [0.29, 0.717) is 17.4 Å². The van der Waals surface area contributed by atoms with Crippen LogP contribution in [0, 0.1) is 16.7 Å². The molecule has 1 spiro atoms. The Bertz CT molecular complexity index is 708. The van der Waals surface area contributed by atoms with Crippen LogP contribution in [0.5, 0.6) is 0 Å². The first kappa shape index (κ1) is 19.4. The maximum atomic E-state index is 12.9. The molecule has 3 atom stereocenters. The smallest absolute Gasteiger partial charge is 0.242 e. The van der Waals surface area contributed by atoms with Gasteiger partial charge in [0.05, 0.1) is 0 Å². The van der Waals surface area contributed by atoms with Gasteiger partial charge in [-0.15, -0.1) is 0 Å². The standard InChI is InChI=1S/C22H32BrN3O/c1-21(2,3)19-17(14-22(19)8-10-24-11-9-22)26-13-12-25-20(27)18(26)15-6-4-5-7-16(15)23/h4-7,17-19,24H,8-14H2,1-3H3,(H,25,27). The fourth-order valence-corrected chi connectivity index (χ4v) is 6.71. The number of hydrogen-bond donors (Lipinski definition) is 2. The second kappa shape index (κ2) is 7.16. The fraction of sp³-hybridized carbons (Fsp3) is 0.682. The van der Waals surface area contributed by atoms with Crippen molar-refractivity contribution in [1.29, 1.82) is 0 Å². The minimum Gasteiger partial charge on any atom is -0.353 e. The summed E-state index contributed by atoms with van der Waals surface area (Å²) >= 11 is 3.69. The monoisotopic (exact) mass is 433 g/mol. The maximum absolute atomic E-state index is 12.9. The first-order chi connectivity index (χ1) is 12.8. The molecule has 1 aromatic rings.